The van der Waals surface area contributed by atoms with Crippen LogP contribution in [0, 0.1) is 0 Å². The van der Waals surface area contributed by atoms with Gasteiger partial charge in [-0.3, -0.25) is 9.69 Å². The molecule has 16 heavy (non-hydrogen) atoms. The lowest BCUT2D eigenvalue weighted by Gasteiger charge is -2.20. The Labute approximate surface area is 97.0 Å². The van der Waals surface area contributed by atoms with Crippen molar-refractivity contribution in [3.63, 3.8) is 0 Å². The van der Waals surface area contributed by atoms with Crippen molar-refractivity contribution in [2.75, 3.05) is 40.0 Å². The van der Waals surface area contributed by atoms with Gasteiger partial charge in [0.2, 0.25) is 0 Å². The van der Waals surface area contributed by atoms with Crippen LogP contribution in [-0.4, -0.2) is 61.0 Å². The molecule has 0 fully saturated rings. The van der Waals surface area contributed by atoms with E-state index in [9.17, 15) is 4.79 Å². The summed E-state index contributed by atoms with van der Waals surface area (Å²) in [5.41, 5.74) is 0. The number of carbonyl (C=O) groups is 1. The molecule has 5 nitrogen and oxygen atoms in total. The van der Waals surface area contributed by atoms with Crippen molar-refractivity contribution in [2.24, 2.45) is 0 Å². The van der Waals surface area contributed by atoms with Crippen molar-refractivity contribution in [3.8, 4) is 0 Å². The van der Waals surface area contributed by atoms with E-state index in [1.54, 1.807) is 7.11 Å². The summed E-state index contributed by atoms with van der Waals surface area (Å²) in [5.74, 6) is -0.730. The molecule has 0 bridgehead atoms. The van der Waals surface area contributed by atoms with Crippen LogP contribution in [0.2, 0.25) is 0 Å². The van der Waals surface area contributed by atoms with Gasteiger partial charge in [-0.1, -0.05) is 6.42 Å². The first kappa shape index (κ1) is 15.3. The van der Waals surface area contributed by atoms with Crippen LogP contribution in [0.5, 0.6) is 0 Å². The molecule has 0 heterocycles. The number of ether oxygens (including phenoxy) is 1. The van der Waals surface area contributed by atoms with Crippen LogP contribution in [0.25, 0.3) is 0 Å². The molecule has 0 rings (SSSR count). The number of carboxylic acids is 1. The molecular weight excluding hydrogens is 210 g/mol. The molecule has 0 amide bonds. The van der Waals surface area contributed by atoms with E-state index in [0.717, 1.165) is 32.4 Å². The molecule has 5 heteroatoms. The number of aliphatic carboxylic acids is 1. The highest BCUT2D eigenvalue weighted by Crippen LogP contribution is 2.02. The molecule has 96 valence electrons. The maximum absolute atomic E-state index is 10.3. The number of methoxy groups -OCH3 is 1. The Balaban J connectivity index is 3.47. The summed E-state index contributed by atoms with van der Waals surface area (Å²) >= 11 is 0. The molecule has 0 aliphatic carbocycles. The van der Waals surface area contributed by atoms with E-state index in [1.165, 1.54) is 0 Å². The Kier molecular flexibility index (Phi) is 10.4. The second-order valence-corrected chi connectivity index (χ2v) is 3.76. The Bertz CT molecular complexity index is 175. The lowest BCUT2D eigenvalue weighted by atomic mass is 10.2. The van der Waals surface area contributed by atoms with Gasteiger partial charge in [-0.05, 0) is 19.4 Å². The smallest absolute Gasteiger partial charge is 0.303 e. The number of rotatable bonds is 11. The minimum atomic E-state index is -0.730. The van der Waals surface area contributed by atoms with Gasteiger partial charge in [0.05, 0.1) is 13.2 Å². The molecule has 0 aromatic heterocycles. The Morgan fingerprint density at radius 1 is 1.19 bits per heavy atom. The second-order valence-electron chi connectivity index (χ2n) is 3.76. The minimum absolute atomic E-state index is 0.152. The standard InChI is InChI=1S/C11H23NO4/c1-16-10-8-12(7-9-13)6-4-2-3-5-11(14)15/h13H,2-10H2,1H3,(H,14,15). The zero-order valence-corrected chi connectivity index (χ0v) is 10.0. The van der Waals surface area contributed by atoms with Gasteiger partial charge in [0.1, 0.15) is 0 Å². The largest absolute Gasteiger partial charge is 0.481 e. The van der Waals surface area contributed by atoms with E-state index >= 15 is 0 Å². The van der Waals surface area contributed by atoms with Crippen LogP contribution in [0.4, 0.5) is 0 Å². The molecule has 0 aromatic rings. The van der Waals surface area contributed by atoms with Crippen LogP contribution >= 0.6 is 0 Å². The average Bonchev–Trinajstić information content (AvgIpc) is 2.24. The molecule has 0 aliphatic heterocycles. The molecule has 0 aliphatic rings. The summed E-state index contributed by atoms with van der Waals surface area (Å²) < 4.78 is 4.98. The molecule has 0 unspecified atom stereocenters. The van der Waals surface area contributed by atoms with E-state index in [4.69, 9.17) is 14.9 Å². The van der Waals surface area contributed by atoms with Gasteiger partial charge in [-0.2, -0.15) is 0 Å². The van der Waals surface area contributed by atoms with Gasteiger partial charge in [-0.25, -0.2) is 0 Å². The Morgan fingerprint density at radius 3 is 2.50 bits per heavy atom. The number of hydrogen-bond donors (Lipinski definition) is 2. The third-order valence-corrected chi connectivity index (χ3v) is 2.39. The molecule has 0 saturated heterocycles. The summed E-state index contributed by atoms with van der Waals surface area (Å²) in [5, 5.41) is 17.3. The number of nitrogens with zero attached hydrogens (tertiary/aromatic N) is 1. The van der Waals surface area contributed by atoms with Gasteiger partial charge in [0.25, 0.3) is 0 Å². The monoisotopic (exact) mass is 233 g/mol. The van der Waals surface area contributed by atoms with Crippen LogP contribution in [0.3, 0.4) is 0 Å². The topological polar surface area (TPSA) is 70.0 Å². The maximum atomic E-state index is 10.3. The van der Waals surface area contributed by atoms with E-state index in [0.29, 0.717) is 13.2 Å². The highest BCUT2D eigenvalue weighted by molar-refractivity contribution is 5.66. The first-order valence-corrected chi connectivity index (χ1v) is 5.74. The quantitative estimate of drug-likeness (QED) is 0.511. The average molecular weight is 233 g/mol. The zero-order chi connectivity index (χ0) is 12.2. The number of unbranched alkanes of at least 4 members (excludes halogenated alkanes) is 2. The zero-order valence-electron chi connectivity index (χ0n) is 10.0. The molecular formula is C11H23NO4. The van der Waals surface area contributed by atoms with Gasteiger partial charge in [-0.15, -0.1) is 0 Å². The fourth-order valence-electron chi connectivity index (χ4n) is 1.49. The van der Waals surface area contributed by atoms with Crippen molar-refractivity contribution >= 4 is 5.97 Å². The van der Waals surface area contributed by atoms with Crippen molar-refractivity contribution in [1.29, 1.82) is 0 Å². The Hall–Kier alpha value is -0.650. The third kappa shape index (κ3) is 9.89. The number of aliphatic hydroxyl groups excluding tert-OH is 1. The van der Waals surface area contributed by atoms with E-state index in [2.05, 4.69) is 4.90 Å². The molecule has 0 radical (unpaired) electrons. The fraction of sp³-hybridized carbons (Fsp3) is 0.909. The summed E-state index contributed by atoms with van der Waals surface area (Å²) in [6.07, 6.45) is 2.86. The van der Waals surface area contributed by atoms with Crippen LogP contribution in [-0.2, 0) is 9.53 Å². The molecule has 2 N–H and O–H groups in total. The predicted molar refractivity (Wildman–Crippen MR) is 61.5 cm³/mol. The molecule has 0 aromatic carbocycles. The van der Waals surface area contributed by atoms with Crippen molar-refractivity contribution in [1.82, 2.24) is 4.90 Å². The first-order valence-electron chi connectivity index (χ1n) is 5.74. The van der Waals surface area contributed by atoms with Crippen molar-refractivity contribution in [3.05, 3.63) is 0 Å². The van der Waals surface area contributed by atoms with E-state index in [-0.39, 0.29) is 13.0 Å². The van der Waals surface area contributed by atoms with Gasteiger partial charge in [0, 0.05) is 26.6 Å². The lowest BCUT2D eigenvalue weighted by Crippen LogP contribution is -2.31. The molecule has 0 saturated carbocycles. The van der Waals surface area contributed by atoms with E-state index < -0.39 is 5.97 Å². The highest BCUT2D eigenvalue weighted by atomic mass is 16.5. The first-order chi connectivity index (χ1) is 7.70. The predicted octanol–water partition coefficient (Wildman–Crippen LogP) is 0.572. The minimum Gasteiger partial charge on any atom is -0.481 e. The molecule has 0 atom stereocenters. The van der Waals surface area contributed by atoms with Gasteiger partial charge < -0.3 is 14.9 Å². The lowest BCUT2D eigenvalue weighted by molar-refractivity contribution is -0.137. The molecule has 0 spiro atoms. The third-order valence-electron chi connectivity index (χ3n) is 2.39. The fourth-order valence-corrected chi connectivity index (χ4v) is 1.49. The number of aliphatic hydroxyl groups is 1. The summed E-state index contributed by atoms with van der Waals surface area (Å²) in [7, 11) is 1.66. The second kappa shape index (κ2) is 10.9. The Morgan fingerprint density at radius 2 is 1.94 bits per heavy atom. The van der Waals surface area contributed by atoms with Gasteiger partial charge >= 0.3 is 5.97 Å². The van der Waals surface area contributed by atoms with Crippen molar-refractivity contribution < 1.29 is 19.7 Å². The summed E-state index contributed by atoms with van der Waals surface area (Å²) in [6.45, 7) is 3.18. The van der Waals surface area contributed by atoms with Crippen LogP contribution in [0.1, 0.15) is 25.7 Å². The van der Waals surface area contributed by atoms with Gasteiger partial charge in [0.15, 0.2) is 0 Å². The highest BCUT2D eigenvalue weighted by Gasteiger charge is 2.03. The van der Waals surface area contributed by atoms with Crippen LogP contribution in [0.15, 0.2) is 0 Å². The summed E-state index contributed by atoms with van der Waals surface area (Å²) in [4.78, 5) is 12.4. The SMILES string of the molecule is COCCN(CCO)CCCCCC(=O)O. The summed E-state index contributed by atoms with van der Waals surface area (Å²) in [6, 6.07) is 0. The normalized spacial score (nSPS) is 10.9. The van der Waals surface area contributed by atoms with E-state index in [1.807, 2.05) is 0 Å². The van der Waals surface area contributed by atoms with Crippen LogP contribution < -0.4 is 0 Å². The van der Waals surface area contributed by atoms with Crippen molar-refractivity contribution in [2.45, 2.75) is 25.7 Å². The number of hydrogen-bond acceptors (Lipinski definition) is 4. The maximum Gasteiger partial charge on any atom is 0.303 e. The number of carboxylic acid groups (broad SMARTS) is 1.